The molecule has 0 heterocycles. The number of hydrogen-bond donors (Lipinski definition) is 2. The molecule has 20 heavy (non-hydrogen) atoms. The summed E-state index contributed by atoms with van der Waals surface area (Å²) >= 11 is 0. The van der Waals surface area contributed by atoms with E-state index in [0.29, 0.717) is 12.3 Å². The van der Waals surface area contributed by atoms with Crippen molar-refractivity contribution in [3.8, 4) is 0 Å². The predicted molar refractivity (Wildman–Crippen MR) is 79.4 cm³/mol. The van der Waals surface area contributed by atoms with Crippen molar-refractivity contribution in [2.75, 3.05) is 37.4 Å². The van der Waals surface area contributed by atoms with Gasteiger partial charge < -0.3 is 20.5 Å². The Kier molecular flexibility index (Phi) is 4.49. The first-order chi connectivity index (χ1) is 9.49. The zero-order valence-corrected chi connectivity index (χ0v) is 12.1. The van der Waals surface area contributed by atoms with E-state index >= 15 is 0 Å². The number of anilines is 2. The van der Waals surface area contributed by atoms with Gasteiger partial charge in [0, 0.05) is 31.6 Å². The van der Waals surface area contributed by atoms with E-state index in [0.717, 1.165) is 30.3 Å². The van der Waals surface area contributed by atoms with Crippen molar-refractivity contribution >= 4 is 17.3 Å². The van der Waals surface area contributed by atoms with Crippen LogP contribution in [0.3, 0.4) is 0 Å². The van der Waals surface area contributed by atoms with Crippen molar-refractivity contribution in [2.45, 2.75) is 19.8 Å². The van der Waals surface area contributed by atoms with Gasteiger partial charge in [-0.25, -0.2) is 4.79 Å². The summed E-state index contributed by atoms with van der Waals surface area (Å²) in [5.74, 6) is -0.233. The number of nitrogens with zero attached hydrogens (tertiary/aromatic N) is 1. The van der Waals surface area contributed by atoms with Crippen molar-refractivity contribution in [1.82, 2.24) is 0 Å². The van der Waals surface area contributed by atoms with E-state index < -0.39 is 5.97 Å². The summed E-state index contributed by atoms with van der Waals surface area (Å²) in [6.07, 6.45) is 2.57. The van der Waals surface area contributed by atoms with Crippen molar-refractivity contribution in [2.24, 2.45) is 5.92 Å². The maximum absolute atomic E-state index is 11.2. The minimum atomic E-state index is -0.995. The zero-order chi connectivity index (χ0) is 14.7. The van der Waals surface area contributed by atoms with E-state index in [-0.39, 0.29) is 5.56 Å². The third kappa shape index (κ3) is 3.63. The van der Waals surface area contributed by atoms with E-state index in [1.807, 2.05) is 24.9 Å². The van der Waals surface area contributed by atoms with Crippen molar-refractivity contribution in [1.29, 1.82) is 0 Å². The summed E-state index contributed by atoms with van der Waals surface area (Å²) < 4.78 is 5.60. The topological polar surface area (TPSA) is 75.8 Å². The fourth-order valence-corrected chi connectivity index (χ4v) is 2.04. The van der Waals surface area contributed by atoms with Crippen LogP contribution in [0.15, 0.2) is 12.1 Å². The van der Waals surface area contributed by atoms with Crippen LogP contribution in [0.5, 0.6) is 0 Å². The van der Waals surface area contributed by atoms with Gasteiger partial charge >= 0.3 is 5.97 Å². The minimum Gasteiger partial charge on any atom is -0.478 e. The summed E-state index contributed by atoms with van der Waals surface area (Å²) in [6, 6.07) is 3.52. The van der Waals surface area contributed by atoms with Crippen LogP contribution < -0.4 is 10.6 Å². The molecule has 0 amide bonds. The van der Waals surface area contributed by atoms with Gasteiger partial charge in [-0.3, -0.25) is 0 Å². The lowest BCUT2D eigenvalue weighted by molar-refractivity contribution is 0.0698. The van der Waals surface area contributed by atoms with Crippen LogP contribution in [0.2, 0.25) is 0 Å². The molecule has 5 nitrogen and oxygen atoms in total. The predicted octanol–water partition coefficient (Wildman–Crippen LogP) is 2.14. The largest absolute Gasteiger partial charge is 0.478 e. The molecule has 2 rings (SSSR count). The molecule has 0 unspecified atom stereocenters. The van der Waals surface area contributed by atoms with Gasteiger partial charge in [0.15, 0.2) is 0 Å². The Morgan fingerprint density at radius 2 is 2.20 bits per heavy atom. The monoisotopic (exact) mass is 278 g/mol. The molecule has 110 valence electrons. The molecule has 1 aromatic rings. The quantitative estimate of drug-likeness (QED) is 0.590. The van der Waals surface area contributed by atoms with E-state index in [1.165, 1.54) is 12.8 Å². The lowest BCUT2D eigenvalue weighted by Gasteiger charge is -2.21. The molecule has 1 aromatic carbocycles. The first-order valence-corrected chi connectivity index (χ1v) is 6.91. The molecule has 3 N–H and O–H groups in total. The van der Waals surface area contributed by atoms with Gasteiger partial charge in [-0.2, -0.15) is 0 Å². The highest BCUT2D eigenvalue weighted by atomic mass is 16.5. The number of aryl methyl sites for hydroxylation is 1. The molecule has 1 aliphatic carbocycles. The Balaban J connectivity index is 1.97. The number of aromatic carboxylic acids is 1. The number of hydrogen-bond acceptors (Lipinski definition) is 4. The molecule has 1 saturated carbocycles. The average Bonchev–Trinajstić information content (AvgIpc) is 3.21. The molecule has 0 spiro atoms. The molecule has 0 radical (unpaired) electrons. The maximum atomic E-state index is 11.2. The number of likely N-dealkylation sites (N-methyl/N-ethyl adjacent to an activating group) is 1. The molecule has 0 aromatic heterocycles. The normalized spacial score (nSPS) is 14.3. The second kappa shape index (κ2) is 6.13. The number of carbonyl (C=O) groups is 1. The summed E-state index contributed by atoms with van der Waals surface area (Å²) in [7, 11) is 1.93. The minimum absolute atomic E-state index is 0.158. The highest BCUT2D eigenvalue weighted by Gasteiger charge is 2.21. The second-order valence-corrected chi connectivity index (χ2v) is 5.47. The van der Waals surface area contributed by atoms with Crippen LogP contribution in [0.25, 0.3) is 0 Å². The molecule has 0 saturated heterocycles. The van der Waals surface area contributed by atoms with E-state index in [2.05, 4.69) is 0 Å². The van der Waals surface area contributed by atoms with E-state index in [1.54, 1.807) is 6.07 Å². The third-order valence-corrected chi connectivity index (χ3v) is 3.66. The summed E-state index contributed by atoms with van der Waals surface area (Å²) in [5, 5.41) is 9.16. The van der Waals surface area contributed by atoms with Crippen LogP contribution in [-0.2, 0) is 4.74 Å². The number of carboxylic acids is 1. The zero-order valence-electron chi connectivity index (χ0n) is 12.1. The second-order valence-electron chi connectivity index (χ2n) is 5.47. The molecule has 0 atom stereocenters. The van der Waals surface area contributed by atoms with Crippen molar-refractivity contribution < 1.29 is 14.6 Å². The molecule has 0 bridgehead atoms. The first-order valence-electron chi connectivity index (χ1n) is 6.91. The van der Waals surface area contributed by atoms with Crippen molar-refractivity contribution in [3.63, 3.8) is 0 Å². The number of nitrogen functional groups attached to an aromatic ring is 1. The highest BCUT2D eigenvalue weighted by Crippen LogP contribution is 2.29. The van der Waals surface area contributed by atoms with E-state index in [4.69, 9.17) is 15.6 Å². The van der Waals surface area contributed by atoms with Crippen LogP contribution in [-0.4, -0.2) is 37.9 Å². The summed E-state index contributed by atoms with van der Waals surface area (Å²) in [4.78, 5) is 13.2. The Morgan fingerprint density at radius 1 is 1.50 bits per heavy atom. The Bertz CT molecular complexity index is 498. The summed E-state index contributed by atoms with van der Waals surface area (Å²) in [6.45, 7) is 4.05. The molecule has 1 aliphatic rings. The standard InChI is InChI=1S/C15H22N2O3/c1-10-7-12(8-13(14(10)16)15(18)19)17(2)5-6-20-9-11-3-4-11/h7-8,11H,3-6,9,16H2,1-2H3,(H,18,19). The third-order valence-electron chi connectivity index (χ3n) is 3.66. The van der Waals surface area contributed by atoms with Gasteiger partial charge in [-0.1, -0.05) is 0 Å². The summed E-state index contributed by atoms with van der Waals surface area (Å²) in [5.41, 5.74) is 7.92. The number of benzene rings is 1. The van der Waals surface area contributed by atoms with Crippen LogP contribution >= 0.6 is 0 Å². The Hall–Kier alpha value is -1.75. The van der Waals surface area contributed by atoms with Crippen molar-refractivity contribution in [3.05, 3.63) is 23.3 Å². The Labute approximate surface area is 119 Å². The van der Waals surface area contributed by atoms with Gasteiger partial charge in [0.2, 0.25) is 0 Å². The first kappa shape index (κ1) is 14.7. The fourth-order valence-electron chi connectivity index (χ4n) is 2.04. The SMILES string of the molecule is Cc1cc(N(C)CCOCC2CC2)cc(C(=O)O)c1N. The number of ether oxygens (including phenoxy) is 1. The smallest absolute Gasteiger partial charge is 0.337 e. The molecule has 1 fully saturated rings. The molecule has 0 aliphatic heterocycles. The van der Waals surface area contributed by atoms with Gasteiger partial charge in [-0.05, 0) is 43.4 Å². The number of rotatable bonds is 7. The average molecular weight is 278 g/mol. The fraction of sp³-hybridized carbons (Fsp3) is 0.533. The van der Waals surface area contributed by atoms with E-state index in [9.17, 15) is 4.79 Å². The van der Waals surface area contributed by atoms with Crippen LogP contribution in [0.4, 0.5) is 11.4 Å². The lowest BCUT2D eigenvalue weighted by atomic mass is 10.1. The van der Waals surface area contributed by atoms with Crippen LogP contribution in [0, 0.1) is 12.8 Å². The van der Waals surface area contributed by atoms with Gasteiger partial charge in [0.05, 0.1) is 12.2 Å². The Morgan fingerprint density at radius 3 is 2.80 bits per heavy atom. The number of nitrogens with two attached hydrogens (primary N) is 1. The van der Waals surface area contributed by atoms with Gasteiger partial charge in [0.25, 0.3) is 0 Å². The maximum Gasteiger partial charge on any atom is 0.337 e. The van der Waals surface area contributed by atoms with Gasteiger partial charge in [0.1, 0.15) is 0 Å². The molecule has 5 heteroatoms. The van der Waals surface area contributed by atoms with Gasteiger partial charge in [-0.15, -0.1) is 0 Å². The highest BCUT2D eigenvalue weighted by molar-refractivity contribution is 5.95. The molecular formula is C15H22N2O3. The molecular weight excluding hydrogens is 256 g/mol. The lowest BCUT2D eigenvalue weighted by Crippen LogP contribution is -2.23. The van der Waals surface area contributed by atoms with Crippen LogP contribution in [0.1, 0.15) is 28.8 Å². The number of carboxylic acid groups (broad SMARTS) is 1.